The van der Waals surface area contributed by atoms with Crippen LogP contribution in [0, 0.1) is 17.8 Å². The number of hydrogen-bond donors (Lipinski definition) is 1. The molecule has 0 spiro atoms. The van der Waals surface area contributed by atoms with Crippen LogP contribution in [0.3, 0.4) is 0 Å². The summed E-state index contributed by atoms with van der Waals surface area (Å²) in [6.45, 7) is 16.0. The van der Waals surface area contributed by atoms with Gasteiger partial charge in [-0.3, -0.25) is 9.59 Å². The minimum Gasteiger partial charge on any atom is -0.468 e. The summed E-state index contributed by atoms with van der Waals surface area (Å²) in [5, 5.41) is 0. The first-order valence-corrected chi connectivity index (χ1v) is 13.5. The quantitative estimate of drug-likeness (QED) is 0.190. The van der Waals surface area contributed by atoms with Crippen LogP contribution >= 0.6 is 0 Å². The van der Waals surface area contributed by atoms with Gasteiger partial charge in [-0.1, -0.05) is 47.6 Å². The van der Waals surface area contributed by atoms with Gasteiger partial charge in [0.1, 0.15) is 23.9 Å². The normalized spacial score (nSPS) is 15.1. The Labute approximate surface area is 236 Å². The topological polar surface area (TPSA) is 150 Å². The van der Waals surface area contributed by atoms with E-state index in [2.05, 4.69) is 0 Å². The lowest BCUT2D eigenvalue weighted by atomic mass is 9.86. The van der Waals surface area contributed by atoms with Gasteiger partial charge in [-0.2, -0.15) is 0 Å². The van der Waals surface area contributed by atoms with Gasteiger partial charge in [0.15, 0.2) is 11.5 Å². The Bertz CT molecular complexity index is 1020. The van der Waals surface area contributed by atoms with E-state index in [4.69, 9.17) is 34.2 Å². The molecule has 0 aromatic heterocycles. The minimum atomic E-state index is -1.59. The number of methoxy groups -OCH3 is 1. The average Bonchev–Trinajstić information content (AvgIpc) is 2.84. The van der Waals surface area contributed by atoms with Crippen molar-refractivity contribution in [3.05, 3.63) is 23.8 Å². The van der Waals surface area contributed by atoms with Crippen molar-refractivity contribution in [3.8, 4) is 11.5 Å². The van der Waals surface area contributed by atoms with Crippen molar-refractivity contribution in [1.82, 2.24) is 0 Å². The average molecular weight is 568 g/mol. The lowest BCUT2D eigenvalue weighted by Gasteiger charge is -2.29. The van der Waals surface area contributed by atoms with Gasteiger partial charge in [-0.25, -0.2) is 9.59 Å². The predicted octanol–water partition coefficient (Wildman–Crippen LogP) is 5.20. The summed E-state index contributed by atoms with van der Waals surface area (Å²) < 4.78 is 31.6. The van der Waals surface area contributed by atoms with Crippen molar-refractivity contribution >= 4 is 24.2 Å². The van der Waals surface area contributed by atoms with Crippen molar-refractivity contribution < 1.29 is 47.6 Å². The number of nitrogens with two attached hydrogens (primary N) is 1. The lowest BCUT2D eigenvalue weighted by Crippen LogP contribution is -2.53. The van der Waals surface area contributed by atoms with E-state index in [0.29, 0.717) is 5.56 Å². The molecule has 0 radical (unpaired) electrons. The molecule has 1 aromatic carbocycles. The van der Waals surface area contributed by atoms with Crippen LogP contribution in [0.2, 0.25) is 0 Å². The summed E-state index contributed by atoms with van der Waals surface area (Å²) in [6.07, 6.45) is -3.66. The molecule has 11 heteroatoms. The van der Waals surface area contributed by atoms with E-state index in [-0.39, 0.29) is 42.1 Å². The molecule has 4 atom stereocenters. The maximum Gasteiger partial charge on any atom is 0.514 e. The van der Waals surface area contributed by atoms with Gasteiger partial charge < -0.3 is 34.2 Å². The lowest BCUT2D eigenvalue weighted by molar-refractivity contribution is -0.157. The van der Waals surface area contributed by atoms with Gasteiger partial charge in [0.25, 0.3) is 0 Å². The van der Waals surface area contributed by atoms with Crippen LogP contribution in [0.1, 0.15) is 74.3 Å². The fourth-order valence-electron chi connectivity index (χ4n) is 3.31. The number of rotatable bonds is 13. The Hall–Kier alpha value is -3.34. The number of carbonyl (C=O) groups is 4. The van der Waals surface area contributed by atoms with E-state index in [9.17, 15) is 19.2 Å². The molecular weight excluding hydrogens is 522 g/mol. The summed E-state index contributed by atoms with van der Waals surface area (Å²) in [4.78, 5) is 49.7. The van der Waals surface area contributed by atoms with E-state index in [1.807, 2.05) is 27.7 Å². The standard InChI is InChI=1S/C29H45NO10/c1-16(2)20(8)37-27(33)39-23-12-11-22(13-24(23)40-28(34)38-21(9)17(3)4)15-29(30,26(32)35-10)14-19(7)36-25(31)18(5)6/h11-13,16-21H,14-15,30H2,1-10H3/t19-,20?,21?,29?/m0/s1. The fraction of sp³-hybridized carbons (Fsp3) is 0.655. The molecule has 0 saturated carbocycles. The largest absolute Gasteiger partial charge is 0.514 e. The van der Waals surface area contributed by atoms with Gasteiger partial charge in [0.2, 0.25) is 0 Å². The summed E-state index contributed by atoms with van der Waals surface area (Å²) in [5.41, 5.74) is 5.34. The molecule has 0 aliphatic carbocycles. The van der Waals surface area contributed by atoms with Crippen LogP contribution in [0.5, 0.6) is 11.5 Å². The van der Waals surface area contributed by atoms with Crippen LogP contribution in [0.25, 0.3) is 0 Å². The molecule has 0 bridgehead atoms. The van der Waals surface area contributed by atoms with Crippen LogP contribution in [0.15, 0.2) is 18.2 Å². The SMILES string of the molecule is COC(=O)C(N)(Cc1ccc(OC(=O)OC(C)C(C)C)c(OC(=O)OC(C)C(C)C)c1)C[C@H](C)OC(=O)C(C)C. The predicted molar refractivity (Wildman–Crippen MR) is 147 cm³/mol. The van der Waals surface area contributed by atoms with E-state index >= 15 is 0 Å². The second-order valence-corrected chi connectivity index (χ2v) is 11.1. The highest BCUT2D eigenvalue weighted by molar-refractivity contribution is 5.81. The third-order valence-corrected chi connectivity index (χ3v) is 6.39. The van der Waals surface area contributed by atoms with E-state index in [1.54, 1.807) is 40.7 Å². The second kappa shape index (κ2) is 15.4. The molecule has 0 saturated heterocycles. The molecule has 3 unspecified atom stereocenters. The van der Waals surface area contributed by atoms with Crippen LogP contribution in [0.4, 0.5) is 9.59 Å². The van der Waals surface area contributed by atoms with E-state index < -0.39 is 48.1 Å². The molecule has 40 heavy (non-hydrogen) atoms. The Morgan fingerprint density at radius 2 is 1.27 bits per heavy atom. The monoisotopic (exact) mass is 567 g/mol. The van der Waals surface area contributed by atoms with Crippen LogP contribution < -0.4 is 15.2 Å². The first-order valence-electron chi connectivity index (χ1n) is 13.5. The van der Waals surface area contributed by atoms with Crippen molar-refractivity contribution in [1.29, 1.82) is 0 Å². The van der Waals surface area contributed by atoms with Crippen molar-refractivity contribution in [3.63, 3.8) is 0 Å². The number of benzene rings is 1. The van der Waals surface area contributed by atoms with Crippen molar-refractivity contribution in [2.24, 2.45) is 23.5 Å². The minimum absolute atomic E-state index is 0.0341. The first kappa shape index (κ1) is 34.7. The highest BCUT2D eigenvalue weighted by Gasteiger charge is 2.38. The molecule has 226 valence electrons. The van der Waals surface area contributed by atoms with E-state index in [0.717, 1.165) is 0 Å². The fourth-order valence-corrected chi connectivity index (χ4v) is 3.31. The van der Waals surface area contributed by atoms with Gasteiger partial charge in [-0.15, -0.1) is 0 Å². The Morgan fingerprint density at radius 3 is 1.73 bits per heavy atom. The number of esters is 2. The second-order valence-electron chi connectivity index (χ2n) is 11.1. The molecule has 1 aromatic rings. The summed E-state index contributed by atoms with van der Waals surface area (Å²) in [7, 11) is 1.20. The number of carbonyl (C=O) groups excluding carboxylic acids is 4. The molecular formula is C29H45NO10. The zero-order valence-corrected chi connectivity index (χ0v) is 25.3. The Balaban J connectivity index is 3.32. The van der Waals surface area contributed by atoms with Crippen LogP contribution in [-0.4, -0.2) is 55.2 Å². The molecule has 0 fully saturated rings. The van der Waals surface area contributed by atoms with E-state index in [1.165, 1.54) is 19.2 Å². The van der Waals surface area contributed by atoms with Gasteiger partial charge >= 0.3 is 24.2 Å². The van der Waals surface area contributed by atoms with Crippen molar-refractivity contribution in [2.75, 3.05) is 7.11 Å². The van der Waals surface area contributed by atoms with Crippen LogP contribution in [-0.2, 0) is 35.0 Å². The number of hydrogen-bond acceptors (Lipinski definition) is 11. The van der Waals surface area contributed by atoms with Gasteiger partial charge in [0.05, 0.1) is 13.0 Å². The van der Waals surface area contributed by atoms with Gasteiger partial charge in [-0.05, 0) is 50.3 Å². The first-order chi connectivity index (χ1) is 18.5. The number of ether oxygens (including phenoxy) is 6. The summed E-state index contributed by atoms with van der Waals surface area (Å²) >= 11 is 0. The zero-order chi connectivity index (χ0) is 30.8. The molecule has 0 aliphatic heterocycles. The highest BCUT2D eigenvalue weighted by atomic mass is 16.8. The maximum absolute atomic E-state index is 12.7. The van der Waals surface area contributed by atoms with Crippen molar-refractivity contribution in [2.45, 2.75) is 99.0 Å². The third kappa shape index (κ3) is 11.0. The molecule has 11 nitrogen and oxygen atoms in total. The summed E-state index contributed by atoms with van der Waals surface area (Å²) in [5.74, 6) is -1.65. The molecule has 1 rings (SSSR count). The third-order valence-electron chi connectivity index (χ3n) is 6.39. The molecule has 0 heterocycles. The molecule has 2 N–H and O–H groups in total. The smallest absolute Gasteiger partial charge is 0.468 e. The van der Waals surface area contributed by atoms with Gasteiger partial charge in [0, 0.05) is 12.8 Å². The molecule has 0 amide bonds. The Kier molecular flexibility index (Phi) is 13.4. The highest BCUT2D eigenvalue weighted by Crippen LogP contribution is 2.32. The Morgan fingerprint density at radius 1 is 0.775 bits per heavy atom. The molecule has 0 aliphatic rings. The summed E-state index contributed by atoms with van der Waals surface area (Å²) in [6, 6.07) is 4.36. The zero-order valence-electron chi connectivity index (χ0n) is 25.3. The maximum atomic E-state index is 12.7.